The molecule has 2 aliphatic rings. The van der Waals surface area contributed by atoms with E-state index in [1.807, 2.05) is 0 Å². The van der Waals surface area contributed by atoms with Crippen LogP contribution in [0.4, 0.5) is 79.0 Å². The van der Waals surface area contributed by atoms with Crippen molar-refractivity contribution in [1.82, 2.24) is 0 Å². The molecule has 2 aliphatic carbocycles. The first-order chi connectivity index (χ1) is 38.8. The molecular formula is C56H50F18O6S4. The lowest BCUT2D eigenvalue weighted by Gasteiger charge is -2.34. The van der Waals surface area contributed by atoms with Crippen molar-refractivity contribution in [1.29, 1.82) is 0 Å². The Kier molecular flexibility index (Phi) is 22.7. The van der Waals surface area contributed by atoms with Gasteiger partial charge >= 0.3 is 46.6 Å². The van der Waals surface area contributed by atoms with Crippen molar-refractivity contribution in [3.63, 3.8) is 0 Å². The average molecular weight is 1290 g/mol. The maximum Gasteiger partial charge on any atom is 0.460 e. The Hall–Kier alpha value is -5.42. The van der Waals surface area contributed by atoms with Gasteiger partial charge in [0, 0.05) is 0 Å². The van der Waals surface area contributed by atoms with Crippen LogP contribution in [0.3, 0.4) is 0 Å². The molecule has 6 aromatic rings. The molecule has 0 spiro atoms. The summed E-state index contributed by atoms with van der Waals surface area (Å²) in [4.78, 5) is 8.38. The number of hydrogen-bond donors (Lipinski definition) is 0. The molecule has 460 valence electrons. The molecule has 0 N–H and O–H groups in total. The second kappa shape index (κ2) is 27.5. The first-order valence-corrected chi connectivity index (χ1v) is 30.3. The molecule has 0 aliphatic heterocycles. The molecule has 2 saturated carbocycles. The largest absolute Gasteiger partial charge is 0.743 e. The van der Waals surface area contributed by atoms with Crippen LogP contribution in [0, 0.1) is 0 Å². The van der Waals surface area contributed by atoms with E-state index in [-0.39, 0.29) is 21.8 Å². The van der Waals surface area contributed by atoms with Crippen molar-refractivity contribution < 1.29 is 105 Å². The summed E-state index contributed by atoms with van der Waals surface area (Å²) in [6, 6.07) is 62.6. The summed E-state index contributed by atoms with van der Waals surface area (Å²) >= 11 is 0. The van der Waals surface area contributed by atoms with Crippen molar-refractivity contribution in [2.45, 2.75) is 152 Å². The van der Waals surface area contributed by atoms with E-state index in [0.29, 0.717) is 0 Å². The fraction of sp³-hybridized carbons (Fsp3) is 0.357. The molecule has 6 aromatic carbocycles. The number of rotatable bonds is 14. The standard InChI is InChI=1S/2C24H25S.2C4HF9O3S/c2*1-4-10-20(11-5-1)21-16-18-24(19-17-21)25(22-12-6-2-7-13-22)23-14-8-3-9-15-23;2*5-1(6,3(9,10)11)2(7,8)4(12,13)17(14,15)16/h2*2-3,6-9,12-20H,1,4-5,10-11H2;2*(H,14,15,16)/q2*+1;;/p-2. The van der Waals surface area contributed by atoms with Crippen LogP contribution in [0.1, 0.15) is 87.2 Å². The van der Waals surface area contributed by atoms with Gasteiger partial charge in [-0.15, -0.1) is 0 Å². The third-order valence-electron chi connectivity index (χ3n) is 13.2. The van der Waals surface area contributed by atoms with Gasteiger partial charge in [-0.25, -0.2) is 16.8 Å². The van der Waals surface area contributed by atoms with E-state index >= 15 is 0 Å². The minimum absolute atomic E-state index is 0.0278. The van der Waals surface area contributed by atoms with Gasteiger partial charge in [0.25, 0.3) is 0 Å². The van der Waals surface area contributed by atoms with Crippen LogP contribution in [0.2, 0.25) is 0 Å². The smallest absolute Gasteiger partial charge is 0.460 e. The lowest BCUT2D eigenvalue weighted by Crippen LogP contribution is -2.63. The van der Waals surface area contributed by atoms with Gasteiger partial charge in [-0.1, -0.05) is 136 Å². The molecule has 0 atom stereocenters. The van der Waals surface area contributed by atoms with Crippen LogP contribution in [-0.2, 0) is 42.0 Å². The first kappa shape index (κ1) is 69.4. The molecule has 0 aromatic heterocycles. The Balaban J connectivity index is 0.000000209. The van der Waals surface area contributed by atoms with Gasteiger partial charge in [-0.2, -0.15) is 79.0 Å². The number of benzene rings is 6. The molecule has 0 saturated heterocycles. The van der Waals surface area contributed by atoms with Crippen LogP contribution in [0.5, 0.6) is 0 Å². The predicted molar refractivity (Wildman–Crippen MR) is 276 cm³/mol. The molecular weight excluding hydrogens is 1240 g/mol. The van der Waals surface area contributed by atoms with E-state index in [2.05, 4.69) is 170 Å². The zero-order chi connectivity index (χ0) is 62.8. The third-order valence-corrected chi connectivity index (χ3v) is 19.4. The maximum absolute atomic E-state index is 12.2. The second-order valence-electron chi connectivity index (χ2n) is 18.9. The van der Waals surface area contributed by atoms with E-state index in [1.54, 1.807) is 0 Å². The summed E-state index contributed by atoms with van der Waals surface area (Å²) in [7, 11) is -14.9. The predicted octanol–water partition coefficient (Wildman–Crippen LogP) is 17.6. The highest BCUT2D eigenvalue weighted by Crippen LogP contribution is 2.56. The topological polar surface area (TPSA) is 114 Å². The third kappa shape index (κ3) is 15.8. The highest BCUT2D eigenvalue weighted by atomic mass is 32.2. The fourth-order valence-corrected chi connectivity index (χ4v) is 13.8. The van der Waals surface area contributed by atoms with Crippen molar-refractivity contribution in [2.75, 3.05) is 0 Å². The summed E-state index contributed by atoms with van der Waals surface area (Å²) in [5.74, 6) is -28.1. The molecule has 8 rings (SSSR count). The molecule has 84 heavy (non-hydrogen) atoms. The van der Waals surface area contributed by atoms with Crippen LogP contribution in [0.15, 0.2) is 199 Å². The number of halogens is 18. The van der Waals surface area contributed by atoms with Crippen LogP contribution < -0.4 is 0 Å². The summed E-state index contributed by atoms with van der Waals surface area (Å²) in [5, 5.41) is -14.2. The van der Waals surface area contributed by atoms with E-state index in [9.17, 15) is 105 Å². The monoisotopic (exact) mass is 1290 g/mol. The average Bonchev–Trinajstić information content (AvgIpc) is 2.77. The zero-order valence-corrected chi connectivity index (χ0v) is 46.5. The Morgan fingerprint density at radius 2 is 0.500 bits per heavy atom. The molecule has 0 bridgehead atoms. The maximum atomic E-state index is 12.2. The minimum Gasteiger partial charge on any atom is -0.743 e. The van der Waals surface area contributed by atoms with Gasteiger partial charge in [0.1, 0.15) is 0 Å². The van der Waals surface area contributed by atoms with E-state index < -0.39 is 66.8 Å². The number of alkyl halides is 18. The molecule has 0 heterocycles. The lowest BCUT2D eigenvalue weighted by atomic mass is 9.84. The quantitative estimate of drug-likeness (QED) is 0.0610. The Bertz CT molecular complexity index is 2920. The highest BCUT2D eigenvalue weighted by Gasteiger charge is 2.85. The molecule has 0 amide bonds. The van der Waals surface area contributed by atoms with Gasteiger partial charge in [0.05, 0.1) is 21.8 Å². The Morgan fingerprint density at radius 1 is 0.298 bits per heavy atom. The normalized spacial score (nSPS) is 15.7. The van der Waals surface area contributed by atoms with Crippen molar-refractivity contribution in [3.8, 4) is 0 Å². The Labute approximate surface area is 477 Å². The van der Waals surface area contributed by atoms with E-state index in [1.165, 1.54) is 105 Å². The van der Waals surface area contributed by atoms with Crippen molar-refractivity contribution >= 4 is 42.0 Å². The lowest BCUT2D eigenvalue weighted by molar-refractivity contribution is -0.382. The summed E-state index contributed by atoms with van der Waals surface area (Å²) in [5.41, 5.74) is 3.07. The van der Waals surface area contributed by atoms with E-state index in [4.69, 9.17) is 0 Å². The van der Waals surface area contributed by atoms with Crippen LogP contribution in [0.25, 0.3) is 0 Å². The van der Waals surface area contributed by atoms with Gasteiger partial charge < -0.3 is 9.11 Å². The molecule has 2 fully saturated rings. The highest BCUT2D eigenvalue weighted by molar-refractivity contribution is 7.97. The van der Waals surface area contributed by atoms with Crippen LogP contribution >= 0.6 is 0 Å². The van der Waals surface area contributed by atoms with Gasteiger partial charge in [-0.3, -0.25) is 0 Å². The summed E-state index contributed by atoms with van der Waals surface area (Å²) < 4.78 is 271. The first-order valence-electron chi connectivity index (χ1n) is 25.0. The second-order valence-corrected chi connectivity index (χ2v) is 25.8. The molecule has 0 radical (unpaired) electrons. The zero-order valence-electron chi connectivity index (χ0n) is 43.3. The van der Waals surface area contributed by atoms with Crippen molar-refractivity contribution in [2.24, 2.45) is 0 Å². The SMILES string of the molecule is O=S(=O)([O-])C(F)(F)C(F)(F)C(F)(F)C(F)(F)F.O=S(=O)([O-])C(F)(F)C(F)(F)C(F)(F)C(F)(F)F.c1ccc([S+](c2ccccc2)c2ccc(C3CCCCC3)cc2)cc1.c1ccc([S+](c2ccccc2)c2ccc(C3CCCCC3)cc2)cc1. The van der Waals surface area contributed by atoms with Gasteiger partial charge in [0.2, 0.25) is 0 Å². The van der Waals surface area contributed by atoms with Gasteiger partial charge in [0.15, 0.2) is 49.6 Å². The van der Waals surface area contributed by atoms with Gasteiger partial charge in [-0.05, 0) is 121 Å². The summed E-state index contributed by atoms with van der Waals surface area (Å²) in [6.07, 6.45) is -0.462. The molecule has 0 unspecified atom stereocenters. The fourth-order valence-electron chi connectivity index (χ4n) is 8.70. The van der Waals surface area contributed by atoms with Crippen molar-refractivity contribution in [3.05, 3.63) is 181 Å². The van der Waals surface area contributed by atoms with Crippen LogP contribution in [-0.4, -0.2) is 72.5 Å². The number of hydrogen-bond acceptors (Lipinski definition) is 6. The molecule has 6 nitrogen and oxygen atoms in total. The summed E-state index contributed by atoms with van der Waals surface area (Å²) in [6.45, 7) is 0. The Morgan fingerprint density at radius 3 is 0.690 bits per heavy atom. The van der Waals surface area contributed by atoms with E-state index in [0.717, 1.165) is 11.8 Å². The molecule has 28 heteroatoms. The minimum atomic E-state index is -7.43.